The van der Waals surface area contributed by atoms with Crippen LogP contribution in [0, 0.1) is 20.8 Å². The zero-order chi connectivity index (χ0) is 17.6. The molecule has 0 aliphatic carbocycles. The van der Waals surface area contributed by atoms with Gasteiger partial charge < -0.3 is 0 Å². The number of hydrogen-bond donors (Lipinski definition) is 0. The van der Waals surface area contributed by atoms with Gasteiger partial charge in [-0.05, 0) is 68.1 Å². The van der Waals surface area contributed by atoms with Crippen LogP contribution >= 0.6 is 23.5 Å². The van der Waals surface area contributed by atoms with Gasteiger partial charge in [-0.15, -0.1) is 23.5 Å². The molecular weight excluding hydrogens is 340 g/mol. The first-order valence-corrected chi connectivity index (χ1v) is 10.4. The van der Waals surface area contributed by atoms with Crippen molar-refractivity contribution in [2.75, 3.05) is 0 Å². The molecule has 0 spiro atoms. The average Bonchev–Trinajstić information content (AvgIpc) is 2.60. The summed E-state index contributed by atoms with van der Waals surface area (Å²) in [4.78, 5) is 2.66. The average molecular weight is 365 g/mol. The van der Waals surface area contributed by atoms with E-state index in [1.54, 1.807) is 0 Å². The van der Waals surface area contributed by atoms with Gasteiger partial charge in [0.2, 0.25) is 0 Å². The van der Waals surface area contributed by atoms with E-state index >= 15 is 0 Å². The van der Waals surface area contributed by atoms with Gasteiger partial charge in [0, 0.05) is 9.79 Å². The molecule has 25 heavy (non-hydrogen) atoms. The lowest BCUT2D eigenvalue weighted by Crippen LogP contribution is -2.06. The zero-order valence-corrected chi connectivity index (χ0v) is 16.7. The Morgan fingerprint density at radius 3 is 1.56 bits per heavy atom. The van der Waals surface area contributed by atoms with Crippen molar-refractivity contribution in [2.24, 2.45) is 0 Å². The molecule has 0 atom stereocenters. The number of hydrogen-bond acceptors (Lipinski definition) is 2. The summed E-state index contributed by atoms with van der Waals surface area (Å²) in [6.07, 6.45) is 1.07. The van der Waals surface area contributed by atoms with E-state index in [1.807, 2.05) is 23.5 Å². The van der Waals surface area contributed by atoms with Crippen LogP contribution in [0.5, 0.6) is 0 Å². The van der Waals surface area contributed by atoms with Crippen molar-refractivity contribution in [1.29, 1.82) is 0 Å². The van der Waals surface area contributed by atoms with Gasteiger partial charge in [-0.25, -0.2) is 0 Å². The highest BCUT2D eigenvalue weighted by Crippen LogP contribution is 2.38. The van der Waals surface area contributed by atoms with E-state index in [2.05, 4.69) is 93.6 Å². The minimum Gasteiger partial charge on any atom is -0.111 e. The summed E-state index contributed by atoms with van der Waals surface area (Å²) in [6.45, 7) is 6.66. The first-order chi connectivity index (χ1) is 12.1. The predicted octanol–water partition coefficient (Wildman–Crippen LogP) is 7.07. The summed E-state index contributed by atoms with van der Waals surface area (Å²) in [6, 6.07) is 26.1. The van der Waals surface area contributed by atoms with Crippen LogP contribution in [0.4, 0.5) is 0 Å². The second kappa shape index (κ2) is 8.64. The molecule has 0 aliphatic heterocycles. The predicted molar refractivity (Wildman–Crippen MR) is 113 cm³/mol. The maximum Gasteiger partial charge on any atom is 0.0637 e. The van der Waals surface area contributed by atoms with Crippen LogP contribution in [-0.2, 0) is 6.42 Å². The van der Waals surface area contributed by atoms with E-state index < -0.39 is 0 Å². The highest BCUT2D eigenvalue weighted by Gasteiger charge is 2.16. The summed E-state index contributed by atoms with van der Waals surface area (Å²) >= 11 is 3.93. The highest BCUT2D eigenvalue weighted by atomic mass is 32.2. The fraction of sp³-hybridized carbons (Fsp3) is 0.217. The van der Waals surface area contributed by atoms with Crippen molar-refractivity contribution in [2.45, 2.75) is 41.6 Å². The van der Waals surface area contributed by atoms with E-state index in [0.717, 1.165) is 6.42 Å². The number of benzene rings is 3. The summed E-state index contributed by atoms with van der Waals surface area (Å²) in [5.74, 6) is 0. The minimum absolute atomic E-state index is 0.449. The second-order valence-electron chi connectivity index (χ2n) is 6.37. The Bertz CT molecular complexity index is 746. The standard InChI is InChI=1S/C23H24S2/c1-17-14-18(2)22(19(3)15-17)16-23(24-20-10-6-4-7-11-20)25-21-12-8-5-9-13-21/h4-15,23H,16H2,1-3H3. The normalized spacial score (nSPS) is 11.0. The van der Waals surface area contributed by atoms with Crippen molar-refractivity contribution in [1.82, 2.24) is 0 Å². The van der Waals surface area contributed by atoms with E-state index in [4.69, 9.17) is 0 Å². The third-order valence-corrected chi connectivity index (χ3v) is 6.76. The first-order valence-electron chi connectivity index (χ1n) is 8.62. The quantitative estimate of drug-likeness (QED) is 0.339. The fourth-order valence-corrected chi connectivity index (χ4v) is 5.70. The number of thioether (sulfide) groups is 2. The summed E-state index contributed by atoms with van der Waals surface area (Å²) in [5.41, 5.74) is 5.65. The van der Waals surface area contributed by atoms with E-state index in [-0.39, 0.29) is 0 Å². The monoisotopic (exact) mass is 364 g/mol. The molecule has 0 unspecified atom stereocenters. The van der Waals surface area contributed by atoms with Gasteiger partial charge in [-0.1, -0.05) is 54.1 Å². The van der Waals surface area contributed by atoms with Crippen LogP contribution in [0.1, 0.15) is 22.3 Å². The molecule has 0 aromatic heterocycles. The Morgan fingerprint density at radius 2 is 1.12 bits per heavy atom. The Hall–Kier alpha value is -1.64. The van der Waals surface area contributed by atoms with Gasteiger partial charge in [0.05, 0.1) is 4.58 Å². The molecule has 3 aromatic rings. The van der Waals surface area contributed by atoms with E-state index in [9.17, 15) is 0 Å². The van der Waals surface area contributed by atoms with Gasteiger partial charge in [-0.3, -0.25) is 0 Å². The molecule has 0 amide bonds. The third-order valence-electron chi connectivity index (χ3n) is 4.23. The molecule has 3 rings (SSSR count). The summed E-state index contributed by atoms with van der Waals surface area (Å²) in [7, 11) is 0. The lowest BCUT2D eigenvalue weighted by molar-refractivity contribution is 1.05. The Balaban J connectivity index is 1.85. The summed E-state index contributed by atoms with van der Waals surface area (Å²) < 4.78 is 0.449. The SMILES string of the molecule is Cc1cc(C)c(CC(Sc2ccccc2)Sc2ccccc2)c(C)c1. The lowest BCUT2D eigenvalue weighted by atomic mass is 9.98. The second-order valence-corrected chi connectivity index (χ2v) is 9.22. The van der Waals surface area contributed by atoms with Crippen molar-refractivity contribution >= 4 is 23.5 Å². The molecule has 0 heterocycles. The molecule has 2 heteroatoms. The lowest BCUT2D eigenvalue weighted by Gasteiger charge is -2.20. The van der Waals surface area contributed by atoms with Crippen molar-refractivity contribution in [3.05, 3.63) is 95.1 Å². The minimum atomic E-state index is 0.449. The Morgan fingerprint density at radius 1 is 0.680 bits per heavy atom. The molecule has 0 saturated carbocycles. The maximum atomic E-state index is 2.31. The molecule has 0 nitrogen and oxygen atoms in total. The molecule has 0 aliphatic rings. The maximum absolute atomic E-state index is 2.31. The molecule has 128 valence electrons. The van der Waals surface area contributed by atoms with Gasteiger partial charge >= 0.3 is 0 Å². The molecule has 0 fully saturated rings. The van der Waals surface area contributed by atoms with Gasteiger partial charge in [0.1, 0.15) is 0 Å². The number of aryl methyl sites for hydroxylation is 3. The van der Waals surface area contributed by atoms with Gasteiger partial charge in [-0.2, -0.15) is 0 Å². The van der Waals surface area contributed by atoms with Gasteiger partial charge in [0.25, 0.3) is 0 Å². The van der Waals surface area contributed by atoms with E-state index in [0.29, 0.717) is 4.58 Å². The Labute approximate surface area is 160 Å². The zero-order valence-electron chi connectivity index (χ0n) is 15.0. The van der Waals surface area contributed by atoms with Crippen LogP contribution in [0.2, 0.25) is 0 Å². The van der Waals surface area contributed by atoms with Crippen LogP contribution in [-0.4, -0.2) is 4.58 Å². The highest BCUT2D eigenvalue weighted by molar-refractivity contribution is 8.17. The molecule has 0 N–H and O–H groups in total. The summed E-state index contributed by atoms with van der Waals surface area (Å²) in [5, 5.41) is 0. The van der Waals surface area contributed by atoms with E-state index in [1.165, 1.54) is 32.0 Å². The molecule has 0 saturated heterocycles. The van der Waals surface area contributed by atoms with Crippen molar-refractivity contribution in [3.63, 3.8) is 0 Å². The number of rotatable bonds is 6. The van der Waals surface area contributed by atoms with Gasteiger partial charge in [0.15, 0.2) is 0 Å². The van der Waals surface area contributed by atoms with Crippen LogP contribution in [0.15, 0.2) is 82.6 Å². The van der Waals surface area contributed by atoms with Crippen LogP contribution < -0.4 is 0 Å². The van der Waals surface area contributed by atoms with Crippen LogP contribution in [0.25, 0.3) is 0 Å². The van der Waals surface area contributed by atoms with Crippen LogP contribution in [0.3, 0.4) is 0 Å². The third kappa shape index (κ3) is 5.17. The molecule has 0 bridgehead atoms. The molecule has 0 radical (unpaired) electrons. The molecular formula is C23H24S2. The van der Waals surface area contributed by atoms with Crippen molar-refractivity contribution in [3.8, 4) is 0 Å². The smallest absolute Gasteiger partial charge is 0.0637 e. The topological polar surface area (TPSA) is 0 Å². The first kappa shape index (κ1) is 18.2. The van der Waals surface area contributed by atoms with Crippen molar-refractivity contribution < 1.29 is 0 Å². The Kier molecular flexibility index (Phi) is 6.28. The molecule has 3 aromatic carbocycles. The fourth-order valence-electron chi connectivity index (χ4n) is 3.11. The largest absolute Gasteiger partial charge is 0.111 e.